The highest BCUT2D eigenvalue weighted by Gasteiger charge is 2.39. The number of hydrogen-bond acceptors (Lipinski definition) is 3. The zero-order valence-electron chi connectivity index (χ0n) is 18.4. The first-order valence-corrected chi connectivity index (χ1v) is 11.1. The van der Waals surface area contributed by atoms with E-state index >= 15 is 0 Å². The summed E-state index contributed by atoms with van der Waals surface area (Å²) in [4.78, 5) is 41.4. The van der Waals surface area contributed by atoms with Crippen molar-refractivity contribution in [1.29, 1.82) is 0 Å². The molecule has 1 heterocycles. The number of hydrogen-bond donors (Lipinski definition) is 1. The molecule has 0 aliphatic carbocycles. The van der Waals surface area contributed by atoms with Gasteiger partial charge < -0.3 is 10.2 Å². The Labute approximate surface area is 193 Å². The molecule has 0 spiro atoms. The van der Waals surface area contributed by atoms with Gasteiger partial charge in [0.2, 0.25) is 5.91 Å². The number of imide groups is 1. The maximum atomic E-state index is 13.2. The largest absolute Gasteiger partial charge is 0.336 e. The average Bonchev–Trinajstić information content (AvgIpc) is 3.11. The molecule has 33 heavy (non-hydrogen) atoms. The van der Waals surface area contributed by atoms with Crippen molar-refractivity contribution in [2.24, 2.45) is 0 Å². The van der Waals surface area contributed by atoms with Crippen LogP contribution in [-0.2, 0) is 29.0 Å². The fourth-order valence-corrected chi connectivity index (χ4v) is 3.95. The van der Waals surface area contributed by atoms with Gasteiger partial charge in [-0.05, 0) is 23.1 Å². The minimum Gasteiger partial charge on any atom is -0.336 e. The van der Waals surface area contributed by atoms with Crippen molar-refractivity contribution in [3.05, 3.63) is 108 Å². The molecule has 0 saturated carbocycles. The minimum atomic E-state index is -0.653. The summed E-state index contributed by atoms with van der Waals surface area (Å²) < 4.78 is 0. The molecule has 3 aromatic carbocycles. The van der Waals surface area contributed by atoms with Crippen molar-refractivity contribution in [2.75, 3.05) is 13.1 Å². The molecule has 6 nitrogen and oxygen atoms in total. The van der Waals surface area contributed by atoms with Crippen LogP contribution in [0.4, 0.5) is 4.79 Å². The quantitative estimate of drug-likeness (QED) is 0.518. The summed E-state index contributed by atoms with van der Waals surface area (Å²) in [6, 6.07) is 28.0. The number of carbonyl (C=O) groups is 3. The fourth-order valence-electron chi connectivity index (χ4n) is 3.95. The predicted octanol–water partition coefficient (Wildman–Crippen LogP) is 3.42. The number of nitrogens with zero attached hydrogens (tertiary/aromatic N) is 2. The number of amides is 4. The van der Waals surface area contributed by atoms with Gasteiger partial charge in [-0.25, -0.2) is 4.79 Å². The molecule has 6 heteroatoms. The first kappa shape index (κ1) is 22.3. The highest BCUT2D eigenvalue weighted by molar-refractivity contribution is 6.06. The first-order valence-electron chi connectivity index (χ1n) is 11.1. The van der Waals surface area contributed by atoms with Crippen LogP contribution in [-0.4, -0.2) is 46.8 Å². The van der Waals surface area contributed by atoms with Gasteiger partial charge >= 0.3 is 6.03 Å². The van der Waals surface area contributed by atoms with Crippen molar-refractivity contribution in [3.8, 4) is 0 Å². The van der Waals surface area contributed by atoms with Crippen molar-refractivity contribution in [3.63, 3.8) is 0 Å². The van der Waals surface area contributed by atoms with Gasteiger partial charge in [-0.15, -0.1) is 0 Å². The van der Waals surface area contributed by atoms with Crippen LogP contribution in [0.25, 0.3) is 0 Å². The first-order chi connectivity index (χ1) is 16.1. The summed E-state index contributed by atoms with van der Waals surface area (Å²) in [7, 11) is 0. The van der Waals surface area contributed by atoms with E-state index in [1.54, 1.807) is 4.90 Å². The lowest BCUT2D eigenvalue weighted by atomic mass is 10.1. The number of rotatable bonds is 9. The van der Waals surface area contributed by atoms with E-state index in [4.69, 9.17) is 0 Å². The Bertz CT molecular complexity index is 1090. The molecule has 1 aliphatic rings. The lowest BCUT2D eigenvalue weighted by molar-refractivity contribution is -0.137. The summed E-state index contributed by atoms with van der Waals surface area (Å²) >= 11 is 0. The lowest BCUT2D eigenvalue weighted by Gasteiger charge is -2.25. The second-order valence-corrected chi connectivity index (χ2v) is 8.15. The van der Waals surface area contributed by atoms with E-state index in [0.29, 0.717) is 25.9 Å². The second kappa shape index (κ2) is 10.6. The third kappa shape index (κ3) is 5.86. The van der Waals surface area contributed by atoms with Crippen LogP contribution < -0.4 is 5.32 Å². The maximum Gasteiger partial charge on any atom is 0.325 e. The standard InChI is InChI=1S/C27H27N3O3/c31-25(20-30-26(32)24(28-27(30)33)18-22-12-6-2-7-13-22)29(19-23-14-8-3-9-15-23)17-16-21-10-4-1-5-11-21/h1-15,24H,16-20H2,(H,28,33). The van der Waals surface area contributed by atoms with Gasteiger partial charge in [0.1, 0.15) is 12.6 Å². The molecule has 1 aliphatic heterocycles. The van der Waals surface area contributed by atoms with Crippen molar-refractivity contribution in [1.82, 2.24) is 15.1 Å². The zero-order valence-corrected chi connectivity index (χ0v) is 18.4. The molecule has 0 bridgehead atoms. The SMILES string of the molecule is O=C(CN1C(=O)NC(Cc2ccccc2)C1=O)N(CCc1ccccc1)Cc1ccccc1. The number of urea groups is 1. The van der Waals surface area contributed by atoms with Gasteiger partial charge in [0, 0.05) is 19.5 Å². The summed E-state index contributed by atoms with van der Waals surface area (Å²) in [6.07, 6.45) is 1.09. The van der Waals surface area contributed by atoms with Crippen LogP contribution in [0.5, 0.6) is 0 Å². The molecule has 0 aromatic heterocycles. The molecular formula is C27H27N3O3. The monoisotopic (exact) mass is 441 g/mol. The van der Waals surface area contributed by atoms with Crippen molar-refractivity contribution < 1.29 is 14.4 Å². The molecule has 1 unspecified atom stereocenters. The molecule has 1 saturated heterocycles. The zero-order chi connectivity index (χ0) is 23.0. The minimum absolute atomic E-state index is 0.251. The van der Waals surface area contributed by atoms with Crippen LogP contribution in [0.15, 0.2) is 91.0 Å². The molecule has 168 valence electrons. The van der Waals surface area contributed by atoms with Gasteiger partial charge in [0.05, 0.1) is 0 Å². The summed E-state index contributed by atoms with van der Waals surface area (Å²) in [5, 5.41) is 2.72. The predicted molar refractivity (Wildman–Crippen MR) is 126 cm³/mol. The average molecular weight is 442 g/mol. The fraction of sp³-hybridized carbons (Fsp3) is 0.222. The molecule has 1 fully saturated rings. The third-order valence-corrected chi connectivity index (χ3v) is 5.77. The third-order valence-electron chi connectivity index (χ3n) is 5.77. The van der Waals surface area contributed by atoms with E-state index in [2.05, 4.69) is 5.32 Å². The van der Waals surface area contributed by atoms with Gasteiger partial charge in [0.25, 0.3) is 5.91 Å². The van der Waals surface area contributed by atoms with Crippen LogP contribution in [0.2, 0.25) is 0 Å². The Hall–Kier alpha value is -3.93. The molecule has 3 aromatic rings. The highest BCUT2D eigenvalue weighted by atomic mass is 16.2. The number of carbonyl (C=O) groups excluding carboxylic acids is 3. The Morgan fingerprint density at radius 1 is 0.788 bits per heavy atom. The molecule has 1 N–H and O–H groups in total. The van der Waals surface area contributed by atoms with E-state index in [-0.39, 0.29) is 18.4 Å². The second-order valence-electron chi connectivity index (χ2n) is 8.15. The van der Waals surface area contributed by atoms with Crippen molar-refractivity contribution in [2.45, 2.75) is 25.4 Å². The summed E-state index contributed by atoms with van der Waals surface area (Å²) in [6.45, 7) is 0.649. The number of nitrogens with one attached hydrogen (secondary N) is 1. The van der Waals surface area contributed by atoms with E-state index in [0.717, 1.165) is 21.6 Å². The Morgan fingerprint density at radius 3 is 1.94 bits per heavy atom. The van der Waals surface area contributed by atoms with Gasteiger partial charge in [-0.1, -0.05) is 91.0 Å². The van der Waals surface area contributed by atoms with E-state index in [9.17, 15) is 14.4 Å². The molecular weight excluding hydrogens is 414 g/mol. The van der Waals surface area contributed by atoms with Crippen LogP contribution in [0.1, 0.15) is 16.7 Å². The van der Waals surface area contributed by atoms with Gasteiger partial charge in [-0.2, -0.15) is 0 Å². The highest BCUT2D eigenvalue weighted by Crippen LogP contribution is 2.14. The molecule has 4 rings (SSSR count). The Morgan fingerprint density at radius 2 is 1.33 bits per heavy atom. The maximum absolute atomic E-state index is 13.2. The van der Waals surface area contributed by atoms with Gasteiger partial charge in [-0.3, -0.25) is 14.5 Å². The summed E-state index contributed by atoms with van der Waals surface area (Å²) in [5.41, 5.74) is 3.08. The van der Waals surface area contributed by atoms with Crippen LogP contribution >= 0.6 is 0 Å². The van der Waals surface area contributed by atoms with Crippen LogP contribution in [0.3, 0.4) is 0 Å². The molecule has 0 radical (unpaired) electrons. The Balaban J connectivity index is 1.43. The summed E-state index contributed by atoms with van der Waals surface area (Å²) in [5.74, 6) is -0.612. The van der Waals surface area contributed by atoms with Gasteiger partial charge in [0.15, 0.2) is 0 Å². The smallest absolute Gasteiger partial charge is 0.325 e. The van der Waals surface area contributed by atoms with E-state index in [1.807, 2.05) is 91.0 Å². The van der Waals surface area contributed by atoms with Crippen molar-refractivity contribution >= 4 is 17.8 Å². The van der Waals surface area contributed by atoms with Crippen LogP contribution in [0, 0.1) is 0 Å². The molecule has 1 atom stereocenters. The Kier molecular flexibility index (Phi) is 7.15. The topological polar surface area (TPSA) is 69.7 Å². The normalized spacial score (nSPS) is 15.4. The molecule has 4 amide bonds. The van der Waals surface area contributed by atoms with E-state index < -0.39 is 12.1 Å². The van der Waals surface area contributed by atoms with E-state index in [1.165, 1.54) is 0 Å². The number of benzene rings is 3. The lowest BCUT2D eigenvalue weighted by Crippen LogP contribution is -2.43.